The Morgan fingerprint density at radius 1 is 0.923 bits per heavy atom. The van der Waals surface area contributed by atoms with Crippen molar-refractivity contribution < 1.29 is 4.57 Å². The van der Waals surface area contributed by atoms with E-state index >= 15 is 0 Å². The molecule has 0 atom stereocenters. The second-order valence-electron chi connectivity index (χ2n) is 6.70. The molecule has 1 aliphatic rings. The Morgan fingerprint density at radius 3 is 2.62 bits per heavy atom. The van der Waals surface area contributed by atoms with E-state index in [1.165, 1.54) is 16.5 Å². The predicted molar refractivity (Wildman–Crippen MR) is 100 cm³/mol. The molecule has 5 aromatic rings. The molecule has 5 heterocycles. The molecule has 5 nitrogen and oxygen atoms in total. The van der Waals surface area contributed by atoms with E-state index in [1.54, 1.807) is 0 Å². The Hall–Kier alpha value is -3.47. The molecule has 124 valence electrons. The highest BCUT2D eigenvalue weighted by molar-refractivity contribution is 6.02. The van der Waals surface area contributed by atoms with Crippen molar-refractivity contribution >= 4 is 22.2 Å². The van der Waals surface area contributed by atoms with E-state index in [-0.39, 0.29) is 0 Å². The van der Waals surface area contributed by atoms with Gasteiger partial charge >= 0.3 is 5.82 Å². The van der Waals surface area contributed by atoms with Crippen molar-refractivity contribution in [2.45, 2.75) is 6.54 Å². The van der Waals surface area contributed by atoms with Crippen molar-refractivity contribution in [1.29, 1.82) is 0 Å². The Kier molecular flexibility index (Phi) is 2.54. The van der Waals surface area contributed by atoms with Gasteiger partial charge in [0.2, 0.25) is 5.52 Å². The number of imidazole rings is 1. The third-order valence-electron chi connectivity index (χ3n) is 5.28. The smallest absolute Gasteiger partial charge is 0.292 e. The van der Waals surface area contributed by atoms with Gasteiger partial charge in [0.15, 0.2) is 5.69 Å². The van der Waals surface area contributed by atoms with Crippen LogP contribution in [0.2, 0.25) is 0 Å². The monoisotopic (exact) mass is 338 g/mol. The van der Waals surface area contributed by atoms with Crippen molar-refractivity contribution in [2.24, 2.45) is 7.05 Å². The molecule has 0 saturated heterocycles. The second kappa shape index (κ2) is 4.79. The van der Waals surface area contributed by atoms with Gasteiger partial charge in [-0.25, -0.2) is 14.5 Å². The number of hydrogen-bond donors (Lipinski definition) is 0. The van der Waals surface area contributed by atoms with Gasteiger partial charge in [-0.2, -0.15) is 4.57 Å². The Balaban J connectivity index is 1.87. The number of aromatic nitrogens is 5. The number of benzene rings is 1. The molecule has 0 N–H and O–H groups in total. The van der Waals surface area contributed by atoms with Gasteiger partial charge in [0.25, 0.3) is 5.65 Å². The fourth-order valence-corrected chi connectivity index (χ4v) is 4.22. The van der Waals surface area contributed by atoms with Gasteiger partial charge in [-0.3, -0.25) is 4.57 Å². The molecule has 1 aliphatic heterocycles. The van der Waals surface area contributed by atoms with Gasteiger partial charge in [0.1, 0.15) is 17.9 Å². The van der Waals surface area contributed by atoms with Gasteiger partial charge in [0, 0.05) is 25.0 Å². The summed E-state index contributed by atoms with van der Waals surface area (Å²) in [6, 6.07) is 18.8. The average molecular weight is 338 g/mol. The first-order chi connectivity index (χ1) is 12.8. The minimum absolute atomic E-state index is 0.836. The summed E-state index contributed by atoms with van der Waals surface area (Å²) < 4.78 is 6.88. The van der Waals surface area contributed by atoms with E-state index in [0.29, 0.717) is 0 Å². The van der Waals surface area contributed by atoms with Crippen LogP contribution in [0.3, 0.4) is 0 Å². The van der Waals surface area contributed by atoms with Crippen molar-refractivity contribution in [3.63, 3.8) is 0 Å². The zero-order valence-electron chi connectivity index (χ0n) is 14.3. The molecule has 5 heteroatoms. The lowest BCUT2D eigenvalue weighted by atomic mass is 10.2. The summed E-state index contributed by atoms with van der Waals surface area (Å²) >= 11 is 0. The molecule has 0 bridgehead atoms. The number of aryl methyl sites for hydroxylation is 1. The van der Waals surface area contributed by atoms with E-state index in [4.69, 9.17) is 4.98 Å². The summed E-state index contributed by atoms with van der Waals surface area (Å²) in [5, 5.41) is 1.17. The lowest BCUT2D eigenvalue weighted by molar-refractivity contribution is -0.645. The van der Waals surface area contributed by atoms with Gasteiger partial charge in [-0.15, -0.1) is 0 Å². The molecule has 0 aliphatic carbocycles. The topological polar surface area (TPSA) is 39.5 Å². The van der Waals surface area contributed by atoms with Gasteiger partial charge < -0.3 is 0 Å². The number of nitrogens with zero attached hydrogens (tertiary/aromatic N) is 5. The molecule has 4 aromatic heterocycles. The van der Waals surface area contributed by atoms with Crippen molar-refractivity contribution in [3.05, 3.63) is 72.6 Å². The number of fused-ring (bicyclic) bond motifs is 7. The van der Waals surface area contributed by atoms with Crippen LogP contribution in [0.15, 0.2) is 67.0 Å². The van der Waals surface area contributed by atoms with E-state index in [0.717, 1.165) is 35.0 Å². The summed E-state index contributed by atoms with van der Waals surface area (Å²) in [7, 11) is 2.09. The molecular weight excluding hydrogens is 322 g/mol. The molecule has 0 spiro atoms. The van der Waals surface area contributed by atoms with Crippen LogP contribution in [0.5, 0.6) is 0 Å². The quantitative estimate of drug-likeness (QED) is 0.432. The third kappa shape index (κ3) is 1.57. The van der Waals surface area contributed by atoms with Crippen LogP contribution in [0.4, 0.5) is 0 Å². The predicted octanol–water partition coefficient (Wildman–Crippen LogP) is 3.23. The van der Waals surface area contributed by atoms with Crippen LogP contribution in [0.1, 0.15) is 5.56 Å². The molecule has 1 aromatic carbocycles. The summed E-state index contributed by atoms with van der Waals surface area (Å²) in [4.78, 5) is 9.33. The third-order valence-corrected chi connectivity index (χ3v) is 5.28. The van der Waals surface area contributed by atoms with E-state index in [9.17, 15) is 0 Å². The van der Waals surface area contributed by atoms with Crippen LogP contribution in [0.25, 0.3) is 39.4 Å². The maximum atomic E-state index is 4.70. The number of pyridine rings is 2. The molecular formula is C21H16N5+. The van der Waals surface area contributed by atoms with Gasteiger partial charge in [-0.05, 0) is 30.3 Å². The van der Waals surface area contributed by atoms with Crippen molar-refractivity contribution in [3.8, 4) is 17.2 Å². The van der Waals surface area contributed by atoms with Crippen LogP contribution in [-0.4, -0.2) is 19.1 Å². The zero-order valence-corrected chi connectivity index (χ0v) is 14.3. The number of para-hydroxylation sites is 1. The van der Waals surface area contributed by atoms with Crippen LogP contribution >= 0.6 is 0 Å². The molecule has 0 saturated carbocycles. The fourth-order valence-electron chi connectivity index (χ4n) is 4.22. The molecule has 6 rings (SSSR count). The number of rotatable bonds is 1. The molecule has 0 unspecified atom stereocenters. The SMILES string of the molecule is Cn1c2ncccc2c2c1n(-c1ccccc1)c1[n+]2Cc2cccnc2-1. The Labute approximate surface area is 149 Å². The van der Waals surface area contributed by atoms with Crippen molar-refractivity contribution in [2.75, 3.05) is 0 Å². The first-order valence-electron chi connectivity index (χ1n) is 8.72. The first kappa shape index (κ1) is 13.8. The van der Waals surface area contributed by atoms with Crippen LogP contribution in [0, 0.1) is 0 Å². The van der Waals surface area contributed by atoms with E-state index < -0.39 is 0 Å². The Bertz CT molecular complexity index is 1310. The average Bonchev–Trinajstić information content (AvgIpc) is 3.31. The van der Waals surface area contributed by atoms with Crippen molar-refractivity contribution in [1.82, 2.24) is 19.1 Å². The standard InChI is InChI=1S/C21H16N5/c1-24-19-16(10-6-12-23-19)18-21(24)26(15-8-3-2-4-9-15)20-17-14(13-25(18)20)7-5-11-22-17/h2-12H,13H2,1H3/q+1. The summed E-state index contributed by atoms with van der Waals surface area (Å²) in [6.07, 6.45) is 3.73. The van der Waals surface area contributed by atoms with E-state index in [2.05, 4.69) is 62.1 Å². The fraction of sp³-hybridized carbons (Fsp3) is 0.0952. The maximum Gasteiger partial charge on any atom is 0.315 e. The van der Waals surface area contributed by atoms with Gasteiger partial charge in [-0.1, -0.05) is 24.3 Å². The normalized spacial score (nSPS) is 12.7. The minimum Gasteiger partial charge on any atom is -0.292 e. The summed E-state index contributed by atoms with van der Waals surface area (Å²) in [5.74, 6) is 1.14. The lowest BCUT2D eigenvalue weighted by Crippen LogP contribution is -2.31. The van der Waals surface area contributed by atoms with Gasteiger partial charge in [0.05, 0.1) is 5.39 Å². The number of hydrogen-bond acceptors (Lipinski definition) is 2. The molecule has 0 radical (unpaired) electrons. The summed E-state index contributed by atoms with van der Waals surface area (Å²) in [6.45, 7) is 0.836. The maximum absolute atomic E-state index is 4.70. The second-order valence-corrected chi connectivity index (χ2v) is 6.70. The summed E-state index contributed by atoms with van der Waals surface area (Å²) in [5.41, 5.74) is 6.82. The first-order valence-corrected chi connectivity index (χ1v) is 8.72. The molecule has 0 fully saturated rings. The van der Waals surface area contributed by atoms with Crippen LogP contribution < -0.4 is 4.57 Å². The Morgan fingerprint density at radius 2 is 1.73 bits per heavy atom. The molecule has 0 amide bonds. The van der Waals surface area contributed by atoms with Crippen LogP contribution in [-0.2, 0) is 13.6 Å². The highest BCUT2D eigenvalue weighted by Crippen LogP contribution is 2.35. The highest BCUT2D eigenvalue weighted by atomic mass is 15.3. The largest absolute Gasteiger partial charge is 0.315 e. The van der Waals surface area contributed by atoms with E-state index in [1.807, 2.05) is 30.6 Å². The zero-order chi connectivity index (χ0) is 17.3. The lowest BCUT2D eigenvalue weighted by Gasteiger charge is -2.03. The molecule has 26 heavy (non-hydrogen) atoms. The minimum atomic E-state index is 0.836. The highest BCUT2D eigenvalue weighted by Gasteiger charge is 2.39.